The van der Waals surface area contributed by atoms with Gasteiger partial charge in [-0.3, -0.25) is 0 Å². The molecule has 6 atom stereocenters. The Bertz CT molecular complexity index is 216. The van der Waals surface area contributed by atoms with Crippen molar-refractivity contribution in [2.45, 2.75) is 31.8 Å². The molecule has 0 saturated heterocycles. The first-order valence-corrected chi connectivity index (χ1v) is 5.58. The van der Waals surface area contributed by atoms with Gasteiger partial charge in [-0.15, -0.1) is 0 Å². The summed E-state index contributed by atoms with van der Waals surface area (Å²) in [6, 6.07) is 0. The molecule has 2 heteroatoms. The molecule has 0 aromatic rings. The van der Waals surface area contributed by atoms with Crippen molar-refractivity contribution in [3.8, 4) is 0 Å². The summed E-state index contributed by atoms with van der Waals surface area (Å²) in [7, 11) is 0. The lowest BCUT2D eigenvalue weighted by Crippen LogP contribution is -2.54. The Balaban J connectivity index is 1.89. The minimum Gasteiger partial charge on any atom is -0.396 e. The lowest BCUT2D eigenvalue weighted by molar-refractivity contribution is -0.139. The maximum absolute atomic E-state index is 10.0. The van der Waals surface area contributed by atoms with Crippen LogP contribution in [0.15, 0.2) is 0 Å². The van der Waals surface area contributed by atoms with Gasteiger partial charge in [-0.1, -0.05) is 0 Å². The van der Waals surface area contributed by atoms with E-state index in [4.69, 9.17) is 0 Å². The molecular formula is C11H18O2. The average Bonchev–Trinajstić information content (AvgIpc) is 2.13. The highest BCUT2D eigenvalue weighted by atomic mass is 16.3. The predicted molar refractivity (Wildman–Crippen MR) is 49.0 cm³/mol. The summed E-state index contributed by atoms with van der Waals surface area (Å²) in [5.74, 6) is 3.03. The quantitative estimate of drug-likeness (QED) is 0.635. The van der Waals surface area contributed by atoms with Crippen LogP contribution in [-0.4, -0.2) is 22.9 Å². The summed E-state index contributed by atoms with van der Waals surface area (Å²) < 4.78 is 0. The van der Waals surface area contributed by atoms with E-state index in [1.54, 1.807) is 0 Å². The van der Waals surface area contributed by atoms with E-state index in [0.717, 1.165) is 11.8 Å². The highest BCUT2D eigenvalue weighted by molar-refractivity contribution is 5.02. The molecule has 4 aliphatic rings. The third-order valence-electron chi connectivity index (χ3n) is 4.77. The van der Waals surface area contributed by atoms with Gasteiger partial charge in [-0.25, -0.2) is 0 Å². The Morgan fingerprint density at radius 2 is 1.77 bits per heavy atom. The van der Waals surface area contributed by atoms with Crippen molar-refractivity contribution in [3.63, 3.8) is 0 Å². The number of rotatable bonds is 1. The summed E-state index contributed by atoms with van der Waals surface area (Å²) in [5, 5.41) is 19.3. The van der Waals surface area contributed by atoms with Crippen molar-refractivity contribution >= 4 is 0 Å². The highest BCUT2D eigenvalue weighted by Crippen LogP contribution is 2.56. The van der Waals surface area contributed by atoms with Crippen molar-refractivity contribution in [1.29, 1.82) is 0 Å². The monoisotopic (exact) mass is 182 g/mol. The van der Waals surface area contributed by atoms with Crippen LogP contribution in [0.25, 0.3) is 0 Å². The SMILES string of the molecule is OCC1C2CC3CC(C2)C(O)C1C3. The molecule has 0 heterocycles. The van der Waals surface area contributed by atoms with E-state index in [1.807, 2.05) is 0 Å². The first-order valence-electron chi connectivity index (χ1n) is 5.58. The lowest BCUT2D eigenvalue weighted by Gasteiger charge is -2.56. The summed E-state index contributed by atoms with van der Waals surface area (Å²) in [5.41, 5.74) is 0. The second-order valence-corrected chi connectivity index (χ2v) is 5.33. The Kier molecular flexibility index (Phi) is 1.72. The van der Waals surface area contributed by atoms with Crippen LogP contribution in [0.1, 0.15) is 25.7 Å². The zero-order valence-corrected chi connectivity index (χ0v) is 7.89. The van der Waals surface area contributed by atoms with E-state index in [2.05, 4.69) is 0 Å². The lowest BCUT2D eigenvalue weighted by atomic mass is 9.51. The van der Waals surface area contributed by atoms with Crippen LogP contribution in [0.2, 0.25) is 0 Å². The van der Waals surface area contributed by atoms with Gasteiger partial charge in [0.1, 0.15) is 0 Å². The molecule has 0 aromatic carbocycles. The summed E-state index contributed by atoms with van der Waals surface area (Å²) >= 11 is 0. The van der Waals surface area contributed by atoms with Gasteiger partial charge >= 0.3 is 0 Å². The van der Waals surface area contributed by atoms with Gasteiger partial charge in [0.2, 0.25) is 0 Å². The smallest absolute Gasteiger partial charge is 0.0600 e. The van der Waals surface area contributed by atoms with Gasteiger partial charge in [0, 0.05) is 6.61 Å². The number of hydrogen-bond acceptors (Lipinski definition) is 2. The number of hydrogen-bond donors (Lipinski definition) is 2. The van der Waals surface area contributed by atoms with Crippen LogP contribution in [0.3, 0.4) is 0 Å². The third-order valence-corrected chi connectivity index (χ3v) is 4.77. The molecule has 4 rings (SSSR count). The first kappa shape index (κ1) is 8.25. The van der Waals surface area contributed by atoms with Crippen LogP contribution in [0.4, 0.5) is 0 Å². The maximum Gasteiger partial charge on any atom is 0.0600 e. The zero-order chi connectivity index (χ0) is 9.00. The normalized spacial score (nSPS) is 58.6. The molecule has 0 spiro atoms. The fraction of sp³-hybridized carbons (Fsp3) is 1.00. The van der Waals surface area contributed by atoms with Gasteiger partial charge in [-0.05, 0) is 55.3 Å². The molecule has 2 N–H and O–H groups in total. The topological polar surface area (TPSA) is 40.5 Å². The molecule has 13 heavy (non-hydrogen) atoms. The Morgan fingerprint density at radius 1 is 1.00 bits per heavy atom. The predicted octanol–water partition coefficient (Wildman–Crippen LogP) is 1.02. The van der Waals surface area contributed by atoms with Gasteiger partial charge in [-0.2, -0.15) is 0 Å². The Hall–Kier alpha value is -0.0800. The molecule has 4 bridgehead atoms. The second-order valence-electron chi connectivity index (χ2n) is 5.33. The van der Waals surface area contributed by atoms with Crippen molar-refractivity contribution in [1.82, 2.24) is 0 Å². The van der Waals surface area contributed by atoms with E-state index in [0.29, 0.717) is 24.4 Å². The van der Waals surface area contributed by atoms with Gasteiger partial charge < -0.3 is 10.2 Å². The maximum atomic E-state index is 10.0. The van der Waals surface area contributed by atoms with Crippen LogP contribution in [-0.2, 0) is 0 Å². The molecular weight excluding hydrogens is 164 g/mol. The van der Waals surface area contributed by atoms with Crippen molar-refractivity contribution in [2.24, 2.45) is 29.6 Å². The summed E-state index contributed by atoms with van der Waals surface area (Å²) in [4.78, 5) is 0. The standard InChI is InChI=1S/C11H18O2/c12-5-10-7-1-6-2-8(4-7)11(13)9(10)3-6/h6-13H,1-5H2. The molecule has 0 aliphatic heterocycles. The Labute approximate surface area is 79.0 Å². The summed E-state index contributed by atoms with van der Waals surface area (Å²) in [6.07, 6.45) is 4.85. The highest BCUT2D eigenvalue weighted by Gasteiger charge is 2.52. The second kappa shape index (κ2) is 2.71. The molecule has 0 amide bonds. The fourth-order valence-corrected chi connectivity index (χ4v) is 4.29. The largest absolute Gasteiger partial charge is 0.396 e. The number of aliphatic hydroxyl groups excluding tert-OH is 2. The zero-order valence-electron chi connectivity index (χ0n) is 7.89. The average molecular weight is 182 g/mol. The van der Waals surface area contributed by atoms with E-state index in [-0.39, 0.29) is 6.10 Å². The minimum atomic E-state index is -0.0926. The summed E-state index contributed by atoms with van der Waals surface area (Å²) in [6.45, 7) is 0.297. The molecule has 74 valence electrons. The van der Waals surface area contributed by atoms with E-state index >= 15 is 0 Å². The first-order chi connectivity index (χ1) is 6.29. The fourth-order valence-electron chi connectivity index (χ4n) is 4.29. The van der Waals surface area contributed by atoms with Crippen LogP contribution >= 0.6 is 0 Å². The van der Waals surface area contributed by atoms with Crippen molar-refractivity contribution in [3.05, 3.63) is 0 Å². The van der Waals surface area contributed by atoms with Gasteiger partial charge in [0.15, 0.2) is 0 Å². The van der Waals surface area contributed by atoms with Crippen molar-refractivity contribution < 1.29 is 10.2 Å². The minimum absolute atomic E-state index is 0.0926. The van der Waals surface area contributed by atoms with E-state index < -0.39 is 0 Å². The Morgan fingerprint density at radius 3 is 2.54 bits per heavy atom. The van der Waals surface area contributed by atoms with Crippen LogP contribution < -0.4 is 0 Å². The van der Waals surface area contributed by atoms with Crippen molar-refractivity contribution in [2.75, 3.05) is 6.61 Å². The molecule has 4 fully saturated rings. The molecule has 0 radical (unpaired) electrons. The van der Waals surface area contributed by atoms with Crippen LogP contribution in [0.5, 0.6) is 0 Å². The third kappa shape index (κ3) is 1.02. The number of aliphatic hydroxyl groups is 2. The molecule has 4 aliphatic carbocycles. The van der Waals surface area contributed by atoms with E-state index in [1.165, 1.54) is 25.7 Å². The van der Waals surface area contributed by atoms with Gasteiger partial charge in [0.05, 0.1) is 6.10 Å². The molecule has 4 saturated carbocycles. The van der Waals surface area contributed by atoms with Gasteiger partial charge in [0.25, 0.3) is 0 Å². The van der Waals surface area contributed by atoms with E-state index in [9.17, 15) is 10.2 Å². The molecule has 6 unspecified atom stereocenters. The molecule has 0 aromatic heterocycles. The van der Waals surface area contributed by atoms with Crippen LogP contribution in [0, 0.1) is 29.6 Å². The molecule has 2 nitrogen and oxygen atoms in total.